The Morgan fingerprint density at radius 2 is 1.82 bits per heavy atom. The summed E-state index contributed by atoms with van der Waals surface area (Å²) < 4.78 is 6.30. The van der Waals surface area contributed by atoms with Gasteiger partial charge in [0.15, 0.2) is 0 Å². The molecule has 4 aliphatic heterocycles. The van der Waals surface area contributed by atoms with Crippen LogP contribution in [0.3, 0.4) is 0 Å². The third-order valence-corrected chi connectivity index (χ3v) is 11.2. The Hall–Kier alpha value is -4.16. The van der Waals surface area contributed by atoms with E-state index in [2.05, 4.69) is 10.3 Å². The maximum Gasteiger partial charge on any atom is 0.248 e. The van der Waals surface area contributed by atoms with E-state index in [1.165, 1.54) is 11.8 Å². The molecular weight excluding hydrogens is 592 g/mol. The number of aliphatic hydroxyl groups excluding tert-OH is 1. The van der Waals surface area contributed by atoms with Crippen LogP contribution in [0.2, 0.25) is 0 Å². The molecule has 2 fully saturated rings. The quantitative estimate of drug-likeness (QED) is 0.378. The van der Waals surface area contributed by atoms with Crippen molar-refractivity contribution < 1.29 is 24.2 Å². The van der Waals surface area contributed by atoms with Crippen LogP contribution in [0.25, 0.3) is 11.0 Å². The zero-order valence-corrected chi connectivity index (χ0v) is 26.0. The zero-order valence-electron chi connectivity index (χ0n) is 25.2. The van der Waals surface area contributed by atoms with Gasteiger partial charge in [-0.2, -0.15) is 0 Å². The molecule has 1 spiro atoms. The number of hydrogen-bond acceptors (Lipinski definition) is 8. The number of aliphatic hydroxyl groups is 1. The highest BCUT2D eigenvalue weighted by Gasteiger charge is 2.71. The summed E-state index contributed by atoms with van der Waals surface area (Å²) in [6.07, 6.45) is 8.40. The lowest BCUT2D eigenvalue weighted by atomic mass is 9.78. The van der Waals surface area contributed by atoms with E-state index in [1.807, 2.05) is 86.7 Å². The van der Waals surface area contributed by atoms with Crippen molar-refractivity contribution in [3.8, 4) is 5.75 Å². The van der Waals surface area contributed by atoms with Crippen LogP contribution >= 0.6 is 11.8 Å². The first-order valence-electron chi connectivity index (χ1n) is 15.5. The molecule has 0 saturated carbocycles. The third-order valence-electron chi connectivity index (χ3n) is 9.44. The van der Waals surface area contributed by atoms with Crippen LogP contribution in [0, 0.1) is 11.8 Å². The van der Waals surface area contributed by atoms with Crippen molar-refractivity contribution in [3.63, 3.8) is 0 Å². The predicted molar refractivity (Wildman–Crippen MR) is 170 cm³/mol. The van der Waals surface area contributed by atoms with Crippen LogP contribution in [-0.4, -0.2) is 96.0 Å². The monoisotopic (exact) mass is 628 g/mol. The highest BCUT2D eigenvalue weighted by molar-refractivity contribution is 8.02. The van der Waals surface area contributed by atoms with Gasteiger partial charge in [-0.1, -0.05) is 48.6 Å². The molecule has 6 atom stereocenters. The molecule has 5 heterocycles. The van der Waals surface area contributed by atoms with Crippen molar-refractivity contribution in [3.05, 3.63) is 72.8 Å². The van der Waals surface area contributed by atoms with Crippen LogP contribution in [-0.2, 0) is 21.1 Å². The molecule has 7 rings (SSSR count). The summed E-state index contributed by atoms with van der Waals surface area (Å²) in [5, 5.41) is 18.7. The molecule has 1 unspecified atom stereocenters. The molecule has 4 aliphatic rings. The van der Waals surface area contributed by atoms with Crippen LogP contribution in [0.15, 0.2) is 72.8 Å². The molecule has 45 heavy (non-hydrogen) atoms. The molecule has 2 aromatic carbocycles. The first-order valence-corrected chi connectivity index (χ1v) is 16.4. The molecular formula is C33H36N6O5S. The molecule has 12 heteroatoms. The number of anilines is 1. The van der Waals surface area contributed by atoms with Gasteiger partial charge in [0.2, 0.25) is 17.7 Å². The van der Waals surface area contributed by atoms with Gasteiger partial charge in [-0.25, -0.2) is 4.68 Å². The Kier molecular flexibility index (Phi) is 7.65. The fourth-order valence-electron chi connectivity index (χ4n) is 7.36. The molecule has 0 radical (unpaired) electrons. The number of para-hydroxylation sites is 1. The Morgan fingerprint density at radius 3 is 2.58 bits per heavy atom. The van der Waals surface area contributed by atoms with E-state index in [-0.39, 0.29) is 36.2 Å². The summed E-state index contributed by atoms with van der Waals surface area (Å²) >= 11 is 1.53. The topological polar surface area (TPSA) is 121 Å². The summed E-state index contributed by atoms with van der Waals surface area (Å²) in [6.45, 7) is 4.92. The van der Waals surface area contributed by atoms with Gasteiger partial charge >= 0.3 is 0 Å². The number of rotatable bonds is 8. The second kappa shape index (κ2) is 11.6. The number of fused-ring (bicyclic) bond motifs is 3. The molecule has 11 nitrogen and oxygen atoms in total. The summed E-state index contributed by atoms with van der Waals surface area (Å²) in [5.41, 5.74) is 2.25. The Labute approximate surface area is 265 Å². The maximum absolute atomic E-state index is 14.7. The molecule has 0 bridgehead atoms. The van der Waals surface area contributed by atoms with E-state index in [0.29, 0.717) is 26.1 Å². The number of hydrogen-bond donors (Lipinski definition) is 1. The minimum absolute atomic E-state index is 0.148. The van der Waals surface area contributed by atoms with Crippen molar-refractivity contribution in [1.82, 2.24) is 24.8 Å². The predicted octanol–water partition coefficient (Wildman–Crippen LogP) is 2.86. The summed E-state index contributed by atoms with van der Waals surface area (Å²) in [7, 11) is 0. The zero-order chi connectivity index (χ0) is 31.3. The van der Waals surface area contributed by atoms with E-state index in [9.17, 15) is 19.5 Å². The van der Waals surface area contributed by atoms with Gasteiger partial charge < -0.3 is 24.5 Å². The number of benzene rings is 2. The Morgan fingerprint density at radius 1 is 1.02 bits per heavy atom. The average Bonchev–Trinajstić information content (AvgIpc) is 3.61. The van der Waals surface area contributed by atoms with Crippen LogP contribution in [0.4, 0.5) is 5.69 Å². The fourth-order valence-corrected chi connectivity index (χ4v) is 9.35. The van der Waals surface area contributed by atoms with E-state index in [4.69, 9.17) is 4.74 Å². The second-order valence-corrected chi connectivity index (χ2v) is 13.3. The van der Waals surface area contributed by atoms with Gasteiger partial charge in [-0.15, -0.1) is 16.9 Å². The SMILES string of the molecule is CCOc1ccc(N2CC=C[C@H]3S[C@]45C=CCN(Cn6nnc7ccccc76)C(=O)C4N([C@@H](CC)CO)C(=O)[C@@H]5[C@H]3C2=O)cc1. The number of carbonyl (C=O) groups is 3. The Bertz CT molecular complexity index is 1690. The normalized spacial score (nSPS) is 28.2. The van der Waals surface area contributed by atoms with Gasteiger partial charge in [0, 0.05) is 24.0 Å². The second-order valence-electron chi connectivity index (χ2n) is 11.8. The summed E-state index contributed by atoms with van der Waals surface area (Å²) in [6, 6.07) is 13.5. The smallest absolute Gasteiger partial charge is 0.248 e. The molecule has 1 aromatic heterocycles. The maximum atomic E-state index is 14.7. The lowest BCUT2D eigenvalue weighted by molar-refractivity contribution is -0.146. The summed E-state index contributed by atoms with van der Waals surface area (Å²) in [4.78, 5) is 48.7. The van der Waals surface area contributed by atoms with Crippen LogP contribution in [0.5, 0.6) is 5.75 Å². The summed E-state index contributed by atoms with van der Waals surface area (Å²) in [5.74, 6) is -1.37. The minimum Gasteiger partial charge on any atom is -0.494 e. The van der Waals surface area contributed by atoms with E-state index >= 15 is 0 Å². The minimum atomic E-state index is -0.979. The number of thioether (sulfide) groups is 1. The van der Waals surface area contributed by atoms with Gasteiger partial charge in [0.25, 0.3) is 0 Å². The standard InChI is InChI=1S/C33H36N6O5S/c1-3-21(19-40)39-29-32(43)36(20-38-25-10-6-5-9-24(25)34-35-38)17-8-16-33(29)28(31(39)42)27-26(45-33)11-7-18-37(30(27)41)22-12-14-23(15-13-22)44-4-2/h5-16,21,26-29,40H,3-4,17-20H2,1-2H3/t21-,26+,27-,28-,29?,33-/m0/s1. The van der Waals surface area contributed by atoms with Crippen molar-refractivity contribution >= 4 is 46.2 Å². The van der Waals surface area contributed by atoms with E-state index < -0.39 is 28.7 Å². The molecule has 3 amide bonds. The molecule has 234 valence electrons. The lowest BCUT2D eigenvalue weighted by Gasteiger charge is -2.38. The highest BCUT2D eigenvalue weighted by Crippen LogP contribution is 2.61. The number of carbonyl (C=O) groups excluding carboxylic acids is 3. The van der Waals surface area contributed by atoms with E-state index in [1.54, 1.807) is 19.4 Å². The van der Waals surface area contributed by atoms with Crippen molar-refractivity contribution in [2.45, 2.75) is 49.0 Å². The molecule has 1 N–H and O–H groups in total. The van der Waals surface area contributed by atoms with Gasteiger partial charge in [-0.3, -0.25) is 14.4 Å². The first kappa shape index (κ1) is 29.5. The number of ether oxygens (including phenoxy) is 1. The first-order chi connectivity index (χ1) is 21.9. The Balaban J connectivity index is 1.27. The number of likely N-dealkylation sites (tertiary alicyclic amines) is 1. The van der Waals surface area contributed by atoms with Crippen molar-refractivity contribution in [2.24, 2.45) is 11.8 Å². The third kappa shape index (κ3) is 4.64. The highest BCUT2D eigenvalue weighted by atomic mass is 32.2. The molecule has 2 saturated heterocycles. The van der Waals surface area contributed by atoms with E-state index in [0.717, 1.165) is 22.5 Å². The van der Waals surface area contributed by atoms with Crippen molar-refractivity contribution in [1.29, 1.82) is 0 Å². The fraction of sp³-hybridized carbons (Fsp3) is 0.424. The largest absolute Gasteiger partial charge is 0.494 e. The van der Waals surface area contributed by atoms with Crippen molar-refractivity contribution in [2.75, 3.05) is 31.2 Å². The van der Waals surface area contributed by atoms with Gasteiger partial charge in [0.05, 0.1) is 41.4 Å². The molecule has 0 aliphatic carbocycles. The van der Waals surface area contributed by atoms with Crippen LogP contribution < -0.4 is 9.64 Å². The number of aromatic nitrogens is 3. The average molecular weight is 629 g/mol. The van der Waals surface area contributed by atoms with Crippen LogP contribution in [0.1, 0.15) is 20.3 Å². The van der Waals surface area contributed by atoms with Gasteiger partial charge in [-0.05, 0) is 49.7 Å². The number of nitrogens with zero attached hydrogens (tertiary/aromatic N) is 6. The molecule has 3 aromatic rings. The van der Waals surface area contributed by atoms with Gasteiger partial charge in [0.1, 0.15) is 24.0 Å². The lowest BCUT2D eigenvalue weighted by Crippen LogP contribution is -2.56. The number of amides is 3.